The summed E-state index contributed by atoms with van der Waals surface area (Å²) in [4.78, 5) is 12.7. The van der Waals surface area contributed by atoms with Gasteiger partial charge >= 0.3 is 0 Å². The predicted octanol–water partition coefficient (Wildman–Crippen LogP) is 6.79. The van der Waals surface area contributed by atoms with Crippen LogP contribution in [0.5, 0.6) is 5.75 Å². The van der Waals surface area contributed by atoms with Crippen LogP contribution in [0.2, 0.25) is 0 Å². The minimum Gasteiger partial charge on any atom is -0.486 e. The van der Waals surface area contributed by atoms with E-state index < -0.39 is 0 Å². The molecule has 2 aliphatic carbocycles. The van der Waals surface area contributed by atoms with Gasteiger partial charge in [-0.05, 0) is 72.1 Å². The first kappa shape index (κ1) is 21.9. The van der Waals surface area contributed by atoms with Gasteiger partial charge in [-0.25, -0.2) is 9.37 Å². The number of benzene rings is 3. The van der Waals surface area contributed by atoms with Crippen molar-refractivity contribution < 1.29 is 23.4 Å². The molecule has 0 spiro atoms. The van der Waals surface area contributed by atoms with Crippen LogP contribution in [0.3, 0.4) is 0 Å². The third-order valence-electron chi connectivity index (χ3n) is 6.42. The van der Waals surface area contributed by atoms with Crippen LogP contribution in [0.1, 0.15) is 48.0 Å². The molecule has 6 heteroatoms. The van der Waals surface area contributed by atoms with E-state index in [-0.39, 0.29) is 18.4 Å². The van der Waals surface area contributed by atoms with Crippen molar-refractivity contribution in [1.82, 2.24) is 4.98 Å². The van der Waals surface area contributed by atoms with Crippen molar-refractivity contribution in [2.75, 3.05) is 0 Å². The van der Waals surface area contributed by atoms with E-state index in [2.05, 4.69) is 23.2 Å². The number of carbonyl (C=O) groups is 1. The van der Waals surface area contributed by atoms with E-state index in [9.17, 15) is 4.39 Å². The Morgan fingerprint density at radius 1 is 0.971 bits per heavy atom. The molecule has 1 fully saturated rings. The molecule has 0 amide bonds. The van der Waals surface area contributed by atoms with Gasteiger partial charge in [0, 0.05) is 11.1 Å². The minimum absolute atomic E-state index is 0.199. The molecule has 1 N–H and O–H groups in total. The van der Waals surface area contributed by atoms with Gasteiger partial charge in [0.05, 0.1) is 0 Å². The number of rotatable bonds is 5. The maximum absolute atomic E-state index is 15.0. The van der Waals surface area contributed by atoms with E-state index in [1.165, 1.54) is 24.8 Å². The van der Waals surface area contributed by atoms with Gasteiger partial charge in [0.15, 0.2) is 6.39 Å². The lowest BCUT2D eigenvalue weighted by molar-refractivity contribution is -0.122. The topological polar surface area (TPSA) is 72.6 Å². The third kappa shape index (κ3) is 4.31. The number of hydrogen-bond acceptors (Lipinski definition) is 4. The monoisotopic (exact) mass is 457 g/mol. The van der Waals surface area contributed by atoms with Crippen LogP contribution in [-0.4, -0.2) is 16.6 Å². The Kier molecular flexibility index (Phi) is 6.12. The second-order valence-electron chi connectivity index (χ2n) is 8.50. The fraction of sp³-hybridized carbons (Fsp3) is 0.214. The van der Waals surface area contributed by atoms with Crippen LogP contribution in [0, 0.1) is 5.82 Å². The highest BCUT2D eigenvalue weighted by Crippen LogP contribution is 2.44. The predicted molar refractivity (Wildman–Crippen MR) is 126 cm³/mol. The van der Waals surface area contributed by atoms with Crippen molar-refractivity contribution in [3.63, 3.8) is 0 Å². The van der Waals surface area contributed by atoms with E-state index in [4.69, 9.17) is 19.1 Å². The molecule has 0 aliphatic heterocycles. The zero-order valence-corrected chi connectivity index (χ0v) is 18.5. The Bertz CT molecular complexity index is 1280. The molecule has 4 aromatic rings. The average molecular weight is 458 g/mol. The summed E-state index contributed by atoms with van der Waals surface area (Å²) in [5, 5.41) is 6.89. The molecular formula is C28H24FNO4. The molecule has 172 valence electrons. The molecule has 1 saturated carbocycles. The van der Waals surface area contributed by atoms with E-state index in [1.54, 1.807) is 12.3 Å². The largest absolute Gasteiger partial charge is 0.486 e. The number of fused-ring (bicyclic) bond motifs is 1. The van der Waals surface area contributed by atoms with Gasteiger partial charge in [-0.3, -0.25) is 4.79 Å². The Balaban J connectivity index is 0.000000764. The molecule has 2 aliphatic rings. The fourth-order valence-corrected chi connectivity index (χ4v) is 4.73. The average Bonchev–Trinajstić information content (AvgIpc) is 3.39. The molecular weight excluding hydrogens is 433 g/mol. The first-order chi connectivity index (χ1) is 16.7. The summed E-state index contributed by atoms with van der Waals surface area (Å²) in [5.41, 5.74) is 6.89. The lowest BCUT2D eigenvalue weighted by Gasteiger charge is -2.17. The third-order valence-corrected chi connectivity index (χ3v) is 6.42. The Hall–Kier alpha value is -3.93. The minimum atomic E-state index is -0.277. The molecule has 0 saturated heterocycles. The number of halogens is 1. The number of nitrogens with zero attached hydrogens (tertiary/aromatic N) is 1. The summed E-state index contributed by atoms with van der Waals surface area (Å²) < 4.78 is 26.4. The van der Waals surface area contributed by atoms with Crippen LogP contribution < -0.4 is 4.74 Å². The molecule has 34 heavy (non-hydrogen) atoms. The van der Waals surface area contributed by atoms with Crippen LogP contribution in [0.4, 0.5) is 4.39 Å². The number of ether oxygens (including phenoxy) is 1. The summed E-state index contributed by atoms with van der Waals surface area (Å²) in [7, 11) is 0. The maximum atomic E-state index is 15.0. The van der Waals surface area contributed by atoms with E-state index in [0.29, 0.717) is 11.5 Å². The molecule has 0 radical (unpaired) electrons. The molecule has 3 aromatic carbocycles. The maximum Gasteiger partial charge on any atom is 0.290 e. The highest BCUT2D eigenvalue weighted by molar-refractivity contribution is 5.84. The molecule has 1 unspecified atom stereocenters. The van der Waals surface area contributed by atoms with Crippen LogP contribution >= 0.6 is 0 Å². The van der Waals surface area contributed by atoms with Crippen molar-refractivity contribution in [3.05, 3.63) is 95.8 Å². The van der Waals surface area contributed by atoms with Crippen molar-refractivity contribution in [2.24, 2.45) is 0 Å². The highest BCUT2D eigenvalue weighted by Gasteiger charge is 2.31. The van der Waals surface area contributed by atoms with E-state index >= 15 is 0 Å². The van der Waals surface area contributed by atoms with E-state index in [1.807, 2.05) is 36.4 Å². The molecule has 1 aromatic heterocycles. The number of oxazole rings is 1. The van der Waals surface area contributed by atoms with Gasteiger partial charge in [-0.2, -0.15) is 0 Å². The molecule has 5 nitrogen and oxygen atoms in total. The zero-order valence-electron chi connectivity index (χ0n) is 18.5. The van der Waals surface area contributed by atoms with Gasteiger partial charge in [0.2, 0.25) is 0 Å². The number of aromatic nitrogens is 1. The highest BCUT2D eigenvalue weighted by atomic mass is 19.1. The zero-order chi connectivity index (χ0) is 23.5. The summed E-state index contributed by atoms with van der Waals surface area (Å²) in [6.07, 6.45) is 6.89. The van der Waals surface area contributed by atoms with Gasteiger partial charge in [0.1, 0.15) is 29.6 Å². The van der Waals surface area contributed by atoms with Crippen LogP contribution in [0.25, 0.3) is 22.4 Å². The summed E-state index contributed by atoms with van der Waals surface area (Å²) in [5.74, 6) is 1.32. The van der Waals surface area contributed by atoms with Crippen molar-refractivity contribution >= 4 is 6.47 Å². The van der Waals surface area contributed by atoms with Gasteiger partial charge < -0.3 is 14.3 Å². The second-order valence-corrected chi connectivity index (χ2v) is 8.50. The van der Waals surface area contributed by atoms with E-state index in [0.717, 1.165) is 46.5 Å². The number of hydrogen-bond donors (Lipinski definition) is 1. The molecule has 0 bridgehead atoms. The van der Waals surface area contributed by atoms with Crippen LogP contribution in [0.15, 0.2) is 77.7 Å². The summed E-state index contributed by atoms with van der Waals surface area (Å²) in [6, 6.07) is 19.8. The summed E-state index contributed by atoms with van der Waals surface area (Å²) in [6.45, 7) is -0.250. The lowest BCUT2D eigenvalue weighted by atomic mass is 9.92. The standard InChI is InChI=1S/C27H22FNO2.CH2O2/c28-24-13-11-21(20-3-1-2-4-22(20)25-15-30-16-29-25)23-12-14-26(27(23)24)31-19-9-7-18(8-10-19)17-5-6-17;2-1-3/h1-4,7-11,13,15-17,26H,5-6,12,14H2;1H,(H,2,3). The molecule has 6 rings (SSSR count). The Morgan fingerprint density at radius 2 is 1.71 bits per heavy atom. The SMILES string of the molecule is Fc1ccc(-c2ccccc2-c2cocn2)c2c1C(Oc1ccc(C3CC3)cc1)CC2.O=CO. The van der Waals surface area contributed by atoms with Gasteiger partial charge in [-0.15, -0.1) is 0 Å². The lowest BCUT2D eigenvalue weighted by Crippen LogP contribution is -2.06. The van der Waals surface area contributed by atoms with Crippen molar-refractivity contribution in [2.45, 2.75) is 37.7 Å². The normalized spacial score (nSPS) is 16.3. The quantitative estimate of drug-likeness (QED) is 0.334. The molecule has 1 heterocycles. The summed E-state index contributed by atoms with van der Waals surface area (Å²) >= 11 is 0. The molecule has 1 atom stereocenters. The fourth-order valence-electron chi connectivity index (χ4n) is 4.73. The van der Waals surface area contributed by atoms with Crippen molar-refractivity contribution in [3.8, 4) is 28.1 Å². The van der Waals surface area contributed by atoms with Gasteiger partial charge in [0.25, 0.3) is 6.47 Å². The smallest absolute Gasteiger partial charge is 0.290 e. The first-order valence-corrected chi connectivity index (χ1v) is 11.3. The first-order valence-electron chi connectivity index (χ1n) is 11.3. The Morgan fingerprint density at radius 3 is 2.38 bits per heavy atom. The van der Waals surface area contributed by atoms with Gasteiger partial charge in [-0.1, -0.05) is 42.5 Å². The van der Waals surface area contributed by atoms with Crippen LogP contribution in [-0.2, 0) is 11.2 Å². The van der Waals surface area contributed by atoms with Crippen molar-refractivity contribution in [1.29, 1.82) is 0 Å². The Labute approximate surface area is 196 Å². The number of carboxylic acid groups (broad SMARTS) is 1. The second kappa shape index (κ2) is 9.51.